The average Bonchev–Trinajstić information content (AvgIpc) is 2.53. The number of carbonyl (C=O) groups excluding carboxylic acids is 1. The molecule has 1 aliphatic carbocycles. The maximum Gasteiger partial charge on any atom is 0.410 e. The van der Waals surface area contributed by atoms with Crippen molar-refractivity contribution < 1.29 is 9.53 Å². The number of hydrogen-bond acceptors (Lipinski definition) is 2. The SMILES string of the molecule is CC1CCC(N2CCOC2=O)CC1. The highest BCUT2D eigenvalue weighted by molar-refractivity contribution is 5.69. The predicted octanol–water partition coefficient (Wildman–Crippen LogP) is 2.02. The van der Waals surface area contributed by atoms with Crippen molar-refractivity contribution in [3.63, 3.8) is 0 Å². The van der Waals surface area contributed by atoms with Crippen LogP contribution < -0.4 is 0 Å². The largest absolute Gasteiger partial charge is 0.448 e. The summed E-state index contributed by atoms with van der Waals surface area (Å²) < 4.78 is 4.93. The molecule has 2 rings (SSSR count). The summed E-state index contributed by atoms with van der Waals surface area (Å²) >= 11 is 0. The van der Waals surface area contributed by atoms with E-state index in [0.717, 1.165) is 25.3 Å². The van der Waals surface area contributed by atoms with Crippen molar-refractivity contribution in [3.8, 4) is 0 Å². The van der Waals surface area contributed by atoms with Gasteiger partial charge in [-0.2, -0.15) is 0 Å². The molecule has 74 valence electrons. The monoisotopic (exact) mass is 183 g/mol. The Morgan fingerprint density at radius 2 is 2.00 bits per heavy atom. The Hall–Kier alpha value is -0.730. The van der Waals surface area contributed by atoms with E-state index in [1.807, 2.05) is 4.90 Å². The quantitative estimate of drug-likeness (QED) is 0.622. The number of carbonyl (C=O) groups is 1. The Bertz CT molecular complexity index is 197. The molecule has 0 aromatic heterocycles. The molecule has 2 fully saturated rings. The number of rotatable bonds is 1. The van der Waals surface area contributed by atoms with E-state index < -0.39 is 0 Å². The molecule has 0 radical (unpaired) electrons. The van der Waals surface area contributed by atoms with Gasteiger partial charge in [-0.15, -0.1) is 0 Å². The third-order valence-electron chi connectivity index (χ3n) is 3.22. The van der Waals surface area contributed by atoms with Crippen LogP contribution in [0.5, 0.6) is 0 Å². The molecule has 2 aliphatic rings. The topological polar surface area (TPSA) is 29.5 Å². The summed E-state index contributed by atoms with van der Waals surface area (Å²) in [6.45, 7) is 3.68. The van der Waals surface area contributed by atoms with Crippen LogP contribution in [-0.2, 0) is 4.74 Å². The van der Waals surface area contributed by atoms with Crippen LogP contribution in [0.25, 0.3) is 0 Å². The molecule has 1 aliphatic heterocycles. The first kappa shape index (κ1) is 8.85. The zero-order valence-electron chi connectivity index (χ0n) is 8.16. The van der Waals surface area contributed by atoms with Gasteiger partial charge >= 0.3 is 6.09 Å². The Morgan fingerprint density at radius 1 is 1.31 bits per heavy atom. The molecule has 0 atom stereocenters. The van der Waals surface area contributed by atoms with E-state index in [-0.39, 0.29) is 6.09 Å². The van der Waals surface area contributed by atoms with Crippen molar-refractivity contribution in [2.45, 2.75) is 38.6 Å². The molecule has 1 saturated heterocycles. The van der Waals surface area contributed by atoms with Gasteiger partial charge in [0.2, 0.25) is 0 Å². The fraction of sp³-hybridized carbons (Fsp3) is 0.900. The highest BCUT2D eigenvalue weighted by atomic mass is 16.6. The minimum atomic E-state index is -0.0976. The van der Waals surface area contributed by atoms with Crippen LogP contribution in [0.15, 0.2) is 0 Å². The second-order valence-electron chi connectivity index (χ2n) is 4.22. The van der Waals surface area contributed by atoms with Crippen molar-refractivity contribution in [1.82, 2.24) is 4.90 Å². The lowest BCUT2D eigenvalue weighted by molar-refractivity contribution is 0.134. The molecule has 1 heterocycles. The van der Waals surface area contributed by atoms with Gasteiger partial charge in [0.1, 0.15) is 6.61 Å². The van der Waals surface area contributed by atoms with Crippen molar-refractivity contribution >= 4 is 6.09 Å². The summed E-state index contributed by atoms with van der Waals surface area (Å²) in [5.74, 6) is 0.842. The smallest absolute Gasteiger partial charge is 0.410 e. The van der Waals surface area contributed by atoms with Crippen LogP contribution in [0, 0.1) is 5.92 Å². The minimum Gasteiger partial charge on any atom is -0.448 e. The zero-order valence-corrected chi connectivity index (χ0v) is 8.16. The Kier molecular flexibility index (Phi) is 2.42. The van der Waals surface area contributed by atoms with Gasteiger partial charge in [-0.25, -0.2) is 4.79 Å². The molecule has 0 aromatic carbocycles. The van der Waals surface area contributed by atoms with Crippen LogP contribution in [0.3, 0.4) is 0 Å². The molecule has 13 heavy (non-hydrogen) atoms. The lowest BCUT2D eigenvalue weighted by Gasteiger charge is -2.31. The fourth-order valence-electron chi connectivity index (χ4n) is 2.29. The second-order valence-corrected chi connectivity index (χ2v) is 4.22. The Morgan fingerprint density at radius 3 is 2.54 bits per heavy atom. The van der Waals surface area contributed by atoms with Crippen molar-refractivity contribution in [2.75, 3.05) is 13.2 Å². The highest BCUT2D eigenvalue weighted by Gasteiger charge is 2.31. The van der Waals surface area contributed by atoms with Gasteiger partial charge in [-0.1, -0.05) is 6.92 Å². The van der Waals surface area contributed by atoms with Gasteiger partial charge in [0.15, 0.2) is 0 Å². The summed E-state index contributed by atoms with van der Waals surface area (Å²) in [7, 11) is 0. The maximum absolute atomic E-state index is 11.3. The summed E-state index contributed by atoms with van der Waals surface area (Å²) in [5, 5.41) is 0. The molecule has 0 N–H and O–H groups in total. The molecule has 1 amide bonds. The van der Waals surface area contributed by atoms with E-state index in [9.17, 15) is 4.79 Å². The van der Waals surface area contributed by atoms with Gasteiger partial charge in [0.25, 0.3) is 0 Å². The van der Waals surface area contributed by atoms with Crippen LogP contribution in [0.4, 0.5) is 4.79 Å². The third kappa shape index (κ3) is 1.79. The first-order chi connectivity index (χ1) is 6.27. The van der Waals surface area contributed by atoms with E-state index in [1.165, 1.54) is 12.8 Å². The Labute approximate surface area is 79.0 Å². The lowest BCUT2D eigenvalue weighted by atomic mass is 9.87. The highest BCUT2D eigenvalue weighted by Crippen LogP contribution is 2.28. The first-order valence-corrected chi connectivity index (χ1v) is 5.21. The molecule has 0 bridgehead atoms. The van der Waals surface area contributed by atoms with Crippen LogP contribution in [-0.4, -0.2) is 30.2 Å². The van der Waals surface area contributed by atoms with Gasteiger partial charge < -0.3 is 9.64 Å². The predicted molar refractivity (Wildman–Crippen MR) is 49.5 cm³/mol. The maximum atomic E-state index is 11.3. The third-order valence-corrected chi connectivity index (χ3v) is 3.22. The van der Waals surface area contributed by atoms with Gasteiger partial charge in [0.05, 0.1) is 6.54 Å². The summed E-state index contributed by atoms with van der Waals surface area (Å²) in [6, 6.07) is 0.464. The number of ether oxygens (including phenoxy) is 1. The van der Waals surface area contributed by atoms with Crippen molar-refractivity contribution in [2.24, 2.45) is 5.92 Å². The normalized spacial score (nSPS) is 34.8. The fourth-order valence-corrected chi connectivity index (χ4v) is 2.29. The zero-order chi connectivity index (χ0) is 9.26. The number of amides is 1. The lowest BCUT2D eigenvalue weighted by Crippen LogP contribution is -2.38. The summed E-state index contributed by atoms with van der Waals surface area (Å²) in [6.07, 6.45) is 4.75. The first-order valence-electron chi connectivity index (χ1n) is 5.21. The summed E-state index contributed by atoms with van der Waals surface area (Å²) in [4.78, 5) is 13.2. The molecular formula is C10H17NO2. The Balaban J connectivity index is 1.90. The standard InChI is InChI=1S/C10H17NO2/c1-8-2-4-9(5-3-8)11-6-7-13-10(11)12/h8-9H,2-7H2,1H3. The van der Waals surface area contributed by atoms with E-state index in [0.29, 0.717) is 12.6 Å². The van der Waals surface area contributed by atoms with Gasteiger partial charge in [-0.05, 0) is 31.6 Å². The van der Waals surface area contributed by atoms with Gasteiger partial charge in [0, 0.05) is 6.04 Å². The molecule has 0 unspecified atom stereocenters. The van der Waals surface area contributed by atoms with E-state index in [2.05, 4.69) is 6.92 Å². The van der Waals surface area contributed by atoms with Crippen LogP contribution in [0.2, 0.25) is 0 Å². The molecule has 0 aromatic rings. The average molecular weight is 183 g/mol. The second kappa shape index (κ2) is 3.56. The van der Waals surface area contributed by atoms with E-state index in [1.54, 1.807) is 0 Å². The van der Waals surface area contributed by atoms with Crippen LogP contribution >= 0.6 is 0 Å². The number of cyclic esters (lactones) is 1. The molecular weight excluding hydrogens is 166 g/mol. The van der Waals surface area contributed by atoms with Gasteiger partial charge in [-0.3, -0.25) is 0 Å². The van der Waals surface area contributed by atoms with Crippen LogP contribution in [0.1, 0.15) is 32.6 Å². The van der Waals surface area contributed by atoms with E-state index in [4.69, 9.17) is 4.74 Å². The van der Waals surface area contributed by atoms with E-state index >= 15 is 0 Å². The van der Waals surface area contributed by atoms with Crippen molar-refractivity contribution in [3.05, 3.63) is 0 Å². The summed E-state index contributed by atoms with van der Waals surface area (Å²) in [5.41, 5.74) is 0. The molecule has 3 nitrogen and oxygen atoms in total. The number of hydrogen-bond donors (Lipinski definition) is 0. The molecule has 0 spiro atoms. The number of nitrogens with zero attached hydrogens (tertiary/aromatic N) is 1. The molecule has 1 saturated carbocycles. The van der Waals surface area contributed by atoms with Crippen molar-refractivity contribution in [1.29, 1.82) is 0 Å². The minimum absolute atomic E-state index is 0.0976. The molecule has 3 heteroatoms.